The van der Waals surface area contributed by atoms with Gasteiger partial charge in [0.1, 0.15) is 0 Å². The molecule has 0 amide bonds. The van der Waals surface area contributed by atoms with Crippen LogP contribution in [0.15, 0.2) is 24.3 Å². The van der Waals surface area contributed by atoms with Crippen LogP contribution in [0.2, 0.25) is 5.02 Å². The molecule has 0 saturated carbocycles. The molecule has 0 radical (unpaired) electrons. The number of halogens is 1. The monoisotopic (exact) mass is 184 g/mol. The minimum atomic E-state index is -0.247. The molecule has 0 atom stereocenters. The van der Waals surface area contributed by atoms with E-state index in [0.717, 1.165) is 5.01 Å². The largest absolute Gasteiger partial charge is 0.369 e. The van der Waals surface area contributed by atoms with Crippen LogP contribution in [0.1, 0.15) is 0 Å². The average Bonchev–Trinajstić information content (AvgIpc) is 2.04. The molecule has 0 heterocycles. The van der Waals surface area contributed by atoms with E-state index in [0.29, 0.717) is 10.7 Å². The van der Waals surface area contributed by atoms with E-state index in [-0.39, 0.29) is 5.96 Å². The number of rotatable bonds is 1. The second-order valence-electron chi connectivity index (χ2n) is 2.21. The summed E-state index contributed by atoms with van der Waals surface area (Å²) in [5.41, 5.74) is 5.68. The maximum atomic E-state index is 7.05. The Morgan fingerprint density at radius 1 is 1.42 bits per heavy atom. The van der Waals surface area contributed by atoms with Gasteiger partial charge in [-0.2, -0.15) is 0 Å². The van der Waals surface area contributed by atoms with Crippen molar-refractivity contribution in [1.82, 2.24) is 0 Å². The van der Waals surface area contributed by atoms with Gasteiger partial charge in [0, 0.05) is 0 Å². The van der Waals surface area contributed by atoms with Crippen molar-refractivity contribution in [3.8, 4) is 0 Å². The van der Waals surface area contributed by atoms with Crippen molar-refractivity contribution >= 4 is 23.2 Å². The van der Waals surface area contributed by atoms with E-state index >= 15 is 0 Å². The molecular weight excluding hydrogens is 176 g/mol. The molecule has 0 fully saturated rings. The summed E-state index contributed by atoms with van der Waals surface area (Å²) in [5, 5.41) is 8.54. The third kappa shape index (κ3) is 1.66. The number of nitrogens with one attached hydrogen (secondary N) is 1. The zero-order valence-electron chi connectivity index (χ0n) is 6.29. The summed E-state index contributed by atoms with van der Waals surface area (Å²) in [5.74, 6) is 5.19. The van der Waals surface area contributed by atoms with Crippen LogP contribution < -0.4 is 16.6 Å². The highest BCUT2D eigenvalue weighted by atomic mass is 35.5. The maximum Gasteiger partial charge on any atom is 0.207 e. The zero-order chi connectivity index (χ0) is 9.14. The second kappa shape index (κ2) is 3.42. The van der Waals surface area contributed by atoms with Crippen molar-refractivity contribution < 1.29 is 0 Å². The minimum absolute atomic E-state index is 0.247. The lowest BCUT2D eigenvalue weighted by atomic mass is 10.3. The maximum absolute atomic E-state index is 7.05. The molecule has 0 spiro atoms. The van der Waals surface area contributed by atoms with Gasteiger partial charge in [-0.15, -0.1) is 0 Å². The average molecular weight is 185 g/mol. The number of nitrogens with zero attached hydrogens (tertiary/aromatic N) is 1. The standard InChI is InChI=1S/C7H9ClN4/c8-5-3-1-2-4-6(5)12(11)7(9)10/h1-4H,11H2,(H3,9,10). The van der Waals surface area contributed by atoms with Gasteiger partial charge in [0.05, 0.1) is 10.7 Å². The van der Waals surface area contributed by atoms with Gasteiger partial charge in [-0.1, -0.05) is 23.7 Å². The molecule has 1 aromatic rings. The van der Waals surface area contributed by atoms with Crippen LogP contribution >= 0.6 is 11.6 Å². The van der Waals surface area contributed by atoms with E-state index in [1.54, 1.807) is 24.3 Å². The summed E-state index contributed by atoms with van der Waals surface area (Å²) in [6.07, 6.45) is 0. The van der Waals surface area contributed by atoms with E-state index < -0.39 is 0 Å². The predicted octanol–water partition coefficient (Wildman–Crippen LogP) is 0.914. The quantitative estimate of drug-likeness (QED) is 0.263. The second-order valence-corrected chi connectivity index (χ2v) is 2.61. The summed E-state index contributed by atoms with van der Waals surface area (Å²) < 4.78 is 0. The SMILES string of the molecule is N=C(N)N(N)c1ccccc1Cl. The Labute approximate surface area is 75.2 Å². The molecule has 0 saturated heterocycles. The lowest BCUT2D eigenvalue weighted by Crippen LogP contribution is -2.42. The first-order valence-electron chi connectivity index (χ1n) is 3.26. The fourth-order valence-corrected chi connectivity index (χ4v) is 1.00. The molecule has 1 aromatic carbocycles. The summed E-state index contributed by atoms with van der Waals surface area (Å²) in [4.78, 5) is 0. The summed E-state index contributed by atoms with van der Waals surface area (Å²) in [6, 6.07) is 6.91. The van der Waals surface area contributed by atoms with Crippen LogP contribution in [-0.4, -0.2) is 5.96 Å². The molecule has 0 unspecified atom stereocenters. The van der Waals surface area contributed by atoms with Crippen LogP contribution in [0.25, 0.3) is 0 Å². The van der Waals surface area contributed by atoms with E-state index in [4.69, 9.17) is 28.6 Å². The first kappa shape index (κ1) is 8.83. The molecule has 4 nitrogen and oxygen atoms in total. The Morgan fingerprint density at radius 3 is 2.50 bits per heavy atom. The Kier molecular flexibility index (Phi) is 2.52. The lowest BCUT2D eigenvalue weighted by molar-refractivity contribution is 1.09. The van der Waals surface area contributed by atoms with E-state index in [9.17, 15) is 0 Å². The highest BCUT2D eigenvalue weighted by molar-refractivity contribution is 6.33. The molecule has 0 aromatic heterocycles. The molecule has 0 aliphatic rings. The summed E-state index contributed by atoms with van der Waals surface area (Å²) in [7, 11) is 0. The summed E-state index contributed by atoms with van der Waals surface area (Å²) in [6.45, 7) is 0. The number of para-hydroxylation sites is 1. The Balaban J connectivity index is 3.02. The minimum Gasteiger partial charge on any atom is -0.369 e. The molecule has 12 heavy (non-hydrogen) atoms. The molecule has 5 N–H and O–H groups in total. The van der Waals surface area contributed by atoms with Crippen molar-refractivity contribution in [2.75, 3.05) is 5.01 Å². The molecule has 5 heteroatoms. The zero-order valence-corrected chi connectivity index (χ0v) is 7.05. The third-order valence-electron chi connectivity index (χ3n) is 1.37. The first-order valence-corrected chi connectivity index (χ1v) is 3.64. The van der Waals surface area contributed by atoms with Gasteiger partial charge < -0.3 is 5.73 Å². The Morgan fingerprint density at radius 2 is 2.00 bits per heavy atom. The van der Waals surface area contributed by atoms with Crippen molar-refractivity contribution in [2.45, 2.75) is 0 Å². The van der Waals surface area contributed by atoms with Crippen LogP contribution in [0.3, 0.4) is 0 Å². The fourth-order valence-electron chi connectivity index (χ4n) is 0.777. The van der Waals surface area contributed by atoms with Gasteiger partial charge in [-0.25, -0.2) is 10.9 Å². The van der Waals surface area contributed by atoms with Gasteiger partial charge in [-0.3, -0.25) is 5.41 Å². The van der Waals surface area contributed by atoms with Gasteiger partial charge in [0.25, 0.3) is 0 Å². The molecule has 0 bridgehead atoms. The number of anilines is 1. The van der Waals surface area contributed by atoms with E-state index in [1.165, 1.54) is 0 Å². The van der Waals surface area contributed by atoms with Gasteiger partial charge in [0.15, 0.2) is 0 Å². The molecule has 64 valence electrons. The number of benzene rings is 1. The van der Waals surface area contributed by atoms with Crippen molar-refractivity contribution in [3.05, 3.63) is 29.3 Å². The van der Waals surface area contributed by atoms with Crippen molar-refractivity contribution in [1.29, 1.82) is 5.41 Å². The van der Waals surface area contributed by atoms with Gasteiger partial charge >= 0.3 is 0 Å². The number of hydrogen-bond acceptors (Lipinski definition) is 2. The fraction of sp³-hybridized carbons (Fsp3) is 0. The topological polar surface area (TPSA) is 79.1 Å². The smallest absolute Gasteiger partial charge is 0.207 e. The number of guanidine groups is 1. The van der Waals surface area contributed by atoms with Crippen LogP contribution in [0.4, 0.5) is 5.69 Å². The Hall–Kier alpha value is -1.26. The number of hydrogen-bond donors (Lipinski definition) is 3. The highest BCUT2D eigenvalue weighted by Gasteiger charge is 2.06. The van der Waals surface area contributed by atoms with Crippen molar-refractivity contribution in [3.63, 3.8) is 0 Å². The van der Waals surface area contributed by atoms with E-state index in [2.05, 4.69) is 0 Å². The normalized spacial score (nSPS) is 9.50. The number of hydrazine groups is 1. The number of nitrogens with two attached hydrogens (primary N) is 2. The Bertz CT molecular complexity index is 299. The van der Waals surface area contributed by atoms with Crippen molar-refractivity contribution in [2.24, 2.45) is 11.6 Å². The highest BCUT2D eigenvalue weighted by Crippen LogP contribution is 2.22. The predicted molar refractivity (Wildman–Crippen MR) is 50.0 cm³/mol. The van der Waals surface area contributed by atoms with Gasteiger partial charge in [-0.05, 0) is 12.1 Å². The molecule has 0 aliphatic heterocycles. The van der Waals surface area contributed by atoms with Crippen LogP contribution in [0.5, 0.6) is 0 Å². The third-order valence-corrected chi connectivity index (χ3v) is 1.69. The van der Waals surface area contributed by atoms with Gasteiger partial charge in [0.2, 0.25) is 5.96 Å². The molecule has 1 rings (SSSR count). The molecule has 0 aliphatic carbocycles. The van der Waals surface area contributed by atoms with Crippen LogP contribution in [-0.2, 0) is 0 Å². The lowest BCUT2D eigenvalue weighted by Gasteiger charge is -2.16. The van der Waals surface area contributed by atoms with E-state index in [1.807, 2.05) is 0 Å². The summed E-state index contributed by atoms with van der Waals surface area (Å²) >= 11 is 5.79. The molecular formula is C7H9ClN4. The first-order chi connectivity index (χ1) is 5.63. The van der Waals surface area contributed by atoms with Crippen LogP contribution in [0, 0.1) is 5.41 Å².